The maximum atomic E-state index is 5.26. The molecule has 1 heterocycles. The number of hydrogen-bond donors (Lipinski definition) is 0. The first-order chi connectivity index (χ1) is 22.6. The Morgan fingerprint density at radius 2 is 1.02 bits per heavy atom. The minimum absolute atomic E-state index is 0.137. The Balaban J connectivity index is 1.33. The van der Waals surface area contributed by atoms with E-state index < -0.39 is 11.6 Å². The highest BCUT2D eigenvalue weighted by Crippen LogP contribution is 2.63. The van der Waals surface area contributed by atoms with Gasteiger partial charge in [0.05, 0.1) is 17.4 Å². The first kappa shape index (κ1) is 26.8. The molecule has 1 aliphatic heterocycles. The van der Waals surface area contributed by atoms with E-state index in [1.165, 1.54) is 44.5 Å². The maximum Gasteiger partial charge on any atom is 0.0828 e. The number of nitrogens with zero attached hydrogens (tertiary/aromatic N) is 3. The molecule has 0 amide bonds. The second-order valence-corrected chi connectivity index (χ2v) is 12.9. The van der Waals surface area contributed by atoms with Gasteiger partial charge in [0, 0.05) is 5.41 Å². The lowest BCUT2D eigenvalue weighted by atomic mass is 9.55. The van der Waals surface area contributed by atoms with E-state index in [0.717, 1.165) is 16.7 Å². The zero-order chi connectivity index (χ0) is 30.9. The van der Waals surface area contributed by atoms with Crippen molar-refractivity contribution in [3.8, 4) is 11.1 Å². The van der Waals surface area contributed by atoms with Crippen molar-refractivity contribution >= 4 is 11.7 Å². The van der Waals surface area contributed by atoms with Gasteiger partial charge >= 0.3 is 0 Å². The molecule has 3 heteroatoms. The van der Waals surface area contributed by atoms with E-state index in [0.29, 0.717) is 11.7 Å². The molecule has 3 aliphatic rings. The third-order valence-electron chi connectivity index (χ3n) is 10.2. The Labute approximate surface area is 270 Å². The largest absolute Gasteiger partial charge is 0.438 e. The third-order valence-corrected chi connectivity index (χ3v) is 10.2. The van der Waals surface area contributed by atoms with E-state index in [2.05, 4.69) is 129 Å². The van der Waals surface area contributed by atoms with Gasteiger partial charge in [-0.3, -0.25) is 4.99 Å². The number of hydrogen-bond acceptors (Lipinski definition) is 2. The highest BCUT2D eigenvalue weighted by atomic mass is 15.2. The van der Waals surface area contributed by atoms with Gasteiger partial charge in [-0.15, -0.1) is 0 Å². The van der Waals surface area contributed by atoms with Gasteiger partial charge in [-0.25, -0.2) is 0 Å². The molecule has 0 aromatic heterocycles. The summed E-state index contributed by atoms with van der Waals surface area (Å²) in [6.45, 7) is 4.72. The number of aliphatic imine (C=N–C) groups is 2. The zero-order valence-electron chi connectivity index (χ0n) is 25.9. The molecular weight excluding hydrogens is 558 g/mol. The van der Waals surface area contributed by atoms with Crippen LogP contribution in [0.25, 0.3) is 16.4 Å². The molecule has 46 heavy (non-hydrogen) atoms. The lowest BCUT2D eigenvalue weighted by Crippen LogP contribution is -2.40. The summed E-state index contributed by atoms with van der Waals surface area (Å²) in [7, 11) is 0. The van der Waals surface area contributed by atoms with Crippen LogP contribution in [0.1, 0.15) is 70.1 Å². The van der Waals surface area contributed by atoms with E-state index >= 15 is 0 Å². The number of fused-ring (bicyclic) bond motifs is 9. The number of rotatable bonds is 3. The average molecular weight is 591 g/mol. The van der Waals surface area contributed by atoms with Gasteiger partial charge in [0.25, 0.3) is 0 Å². The molecule has 1 unspecified atom stereocenters. The molecule has 0 N–H and O–H groups in total. The summed E-state index contributed by atoms with van der Waals surface area (Å²) in [6.07, 6.45) is -0.452. The fraction of sp³-hybridized carbons (Fsp3) is 0.116. The molecule has 9 rings (SSSR count). The van der Waals surface area contributed by atoms with E-state index in [-0.39, 0.29) is 5.41 Å². The molecule has 1 atom stereocenters. The monoisotopic (exact) mass is 590 g/mol. The Kier molecular flexibility index (Phi) is 5.82. The van der Waals surface area contributed by atoms with Crippen LogP contribution in [0, 0.1) is 0 Å². The van der Waals surface area contributed by atoms with Crippen molar-refractivity contribution < 1.29 is 0 Å². The fourth-order valence-corrected chi connectivity index (χ4v) is 8.16. The molecule has 6 aromatic carbocycles. The van der Waals surface area contributed by atoms with E-state index in [1.54, 1.807) is 0 Å². The molecule has 1 spiro atoms. The van der Waals surface area contributed by atoms with Gasteiger partial charge in [-0.05, 0) is 61.2 Å². The molecule has 2 aliphatic carbocycles. The summed E-state index contributed by atoms with van der Waals surface area (Å²) in [5, 5.41) is 5.26. The molecule has 0 radical (unpaired) electrons. The molecule has 3 nitrogen and oxygen atoms in total. The van der Waals surface area contributed by atoms with E-state index in [9.17, 15) is 0 Å². The number of benzene rings is 6. The summed E-state index contributed by atoms with van der Waals surface area (Å²) < 4.78 is 0. The van der Waals surface area contributed by atoms with Crippen LogP contribution in [-0.4, -0.2) is 11.7 Å². The van der Waals surface area contributed by atoms with Gasteiger partial charge < -0.3 is 10.3 Å². The van der Waals surface area contributed by atoms with Crippen molar-refractivity contribution in [3.05, 3.63) is 207 Å². The third kappa shape index (κ3) is 3.66. The highest BCUT2D eigenvalue weighted by Gasteiger charge is 2.53. The normalized spacial score (nSPS) is 17.9. The molecular formula is C43H32N3-. The predicted octanol–water partition coefficient (Wildman–Crippen LogP) is 9.97. The summed E-state index contributed by atoms with van der Waals surface area (Å²) in [4.78, 5) is 10.3. The number of amidine groups is 2. The Bertz CT molecular complexity index is 2160. The SMILES string of the molecule is CC1(C)c2ccccc2C2(c3ccccc3-c3c(C4N=C(c5ccccc5)N=C(c5ccccc5)[N-]4)cccc32)c2ccccc21. The summed E-state index contributed by atoms with van der Waals surface area (Å²) in [6, 6.07) is 54.3. The van der Waals surface area contributed by atoms with E-state index in [1.807, 2.05) is 36.4 Å². The van der Waals surface area contributed by atoms with Crippen LogP contribution < -0.4 is 0 Å². The standard InChI is InChI=1S/C43H32N3/c1-42(2)33-23-11-13-25-35(33)43(36-26-14-12-24-34(36)42)32-22-10-9-20-30(32)38-31(21-15-27-37(38)43)41-45-39(28-16-5-3-6-17-28)44-40(46-41)29-18-7-4-8-19-29/h3-27,41H,1-2H3/q-1. The molecule has 0 saturated heterocycles. The van der Waals surface area contributed by atoms with Gasteiger partial charge in [-0.2, -0.15) is 0 Å². The topological polar surface area (TPSA) is 38.8 Å². The molecule has 0 bridgehead atoms. The van der Waals surface area contributed by atoms with Gasteiger partial charge in [0.2, 0.25) is 0 Å². The minimum atomic E-state index is -0.457. The lowest BCUT2D eigenvalue weighted by Gasteiger charge is -2.46. The summed E-state index contributed by atoms with van der Waals surface area (Å²) in [5.74, 6) is 1.40. The second-order valence-electron chi connectivity index (χ2n) is 12.9. The second kappa shape index (κ2) is 9.98. The average Bonchev–Trinajstić information content (AvgIpc) is 3.43. The van der Waals surface area contributed by atoms with Crippen molar-refractivity contribution in [1.29, 1.82) is 0 Å². The van der Waals surface area contributed by atoms with Gasteiger partial charge in [0.15, 0.2) is 0 Å². The van der Waals surface area contributed by atoms with Crippen LogP contribution in [0.15, 0.2) is 162 Å². The van der Waals surface area contributed by atoms with Crippen LogP contribution in [0.2, 0.25) is 0 Å². The Morgan fingerprint density at radius 3 is 1.67 bits per heavy atom. The van der Waals surface area contributed by atoms with Crippen LogP contribution in [0.4, 0.5) is 0 Å². The van der Waals surface area contributed by atoms with Crippen LogP contribution in [-0.2, 0) is 10.8 Å². The zero-order valence-corrected chi connectivity index (χ0v) is 25.9. The summed E-state index contributed by atoms with van der Waals surface area (Å²) >= 11 is 0. The quantitative estimate of drug-likeness (QED) is 0.196. The Hall–Kier alpha value is -5.54. The van der Waals surface area contributed by atoms with Crippen molar-refractivity contribution in [2.24, 2.45) is 9.98 Å². The smallest absolute Gasteiger partial charge is 0.0828 e. The van der Waals surface area contributed by atoms with Crippen LogP contribution in [0.5, 0.6) is 0 Å². The lowest BCUT2D eigenvalue weighted by molar-refractivity contribution is 0.563. The van der Waals surface area contributed by atoms with Crippen molar-refractivity contribution in [2.75, 3.05) is 0 Å². The van der Waals surface area contributed by atoms with Crippen molar-refractivity contribution in [2.45, 2.75) is 30.8 Å². The maximum absolute atomic E-state index is 5.26. The molecule has 0 saturated carbocycles. The molecule has 6 aromatic rings. The minimum Gasteiger partial charge on any atom is -0.438 e. The summed E-state index contributed by atoms with van der Waals surface area (Å²) in [5.41, 5.74) is 13.0. The Morgan fingerprint density at radius 1 is 0.500 bits per heavy atom. The molecule has 0 fully saturated rings. The fourth-order valence-electron chi connectivity index (χ4n) is 8.16. The van der Waals surface area contributed by atoms with Gasteiger partial charge in [-0.1, -0.05) is 171 Å². The molecule has 220 valence electrons. The first-order valence-corrected chi connectivity index (χ1v) is 16.0. The van der Waals surface area contributed by atoms with Crippen LogP contribution in [0.3, 0.4) is 0 Å². The van der Waals surface area contributed by atoms with E-state index in [4.69, 9.17) is 15.3 Å². The van der Waals surface area contributed by atoms with Crippen molar-refractivity contribution in [1.82, 2.24) is 0 Å². The predicted molar refractivity (Wildman–Crippen MR) is 188 cm³/mol. The highest BCUT2D eigenvalue weighted by molar-refractivity contribution is 6.18. The van der Waals surface area contributed by atoms with Crippen molar-refractivity contribution in [3.63, 3.8) is 0 Å². The first-order valence-electron chi connectivity index (χ1n) is 16.0. The van der Waals surface area contributed by atoms with Crippen LogP contribution >= 0.6 is 0 Å². The van der Waals surface area contributed by atoms with Gasteiger partial charge in [0.1, 0.15) is 0 Å².